The summed E-state index contributed by atoms with van der Waals surface area (Å²) in [6, 6.07) is 26.1. The molecule has 0 saturated carbocycles. The lowest BCUT2D eigenvalue weighted by Crippen LogP contribution is -2.17. The van der Waals surface area contributed by atoms with E-state index in [9.17, 15) is 4.79 Å². The van der Waals surface area contributed by atoms with Gasteiger partial charge in [0.25, 0.3) is 5.91 Å². The van der Waals surface area contributed by atoms with Gasteiger partial charge in [-0.2, -0.15) is 0 Å². The van der Waals surface area contributed by atoms with Crippen molar-refractivity contribution >= 4 is 28.1 Å². The minimum atomic E-state index is -0.177. The number of benzene rings is 2. The van der Waals surface area contributed by atoms with Gasteiger partial charge in [-0.1, -0.05) is 60.7 Å². The molecule has 2 N–H and O–H groups in total. The Kier molecular flexibility index (Phi) is 6.96. The second-order valence-corrected chi connectivity index (χ2v) is 9.01. The summed E-state index contributed by atoms with van der Waals surface area (Å²) in [5.41, 5.74) is 5.91. The van der Waals surface area contributed by atoms with Gasteiger partial charge in [-0.3, -0.25) is 15.1 Å². The van der Waals surface area contributed by atoms with Crippen LogP contribution in [0, 0.1) is 0 Å². The molecule has 0 bridgehead atoms. The van der Waals surface area contributed by atoms with Gasteiger partial charge >= 0.3 is 0 Å². The zero-order chi connectivity index (χ0) is 23.9. The molecular weight excluding hydrogens is 454 g/mol. The van der Waals surface area contributed by atoms with Crippen LogP contribution in [-0.2, 0) is 19.5 Å². The SMILES string of the molecule is O=C(Nc1nc(Cc2ccccc2)cs1)c1cccn1Cc1ccncc1NCc1ccccc1. The maximum absolute atomic E-state index is 13.1. The average molecular weight is 480 g/mol. The Hall–Kier alpha value is -4.23. The van der Waals surface area contributed by atoms with E-state index in [0.29, 0.717) is 23.9 Å². The van der Waals surface area contributed by atoms with Crippen LogP contribution in [0.1, 0.15) is 32.9 Å². The highest BCUT2D eigenvalue weighted by Crippen LogP contribution is 2.21. The second-order valence-electron chi connectivity index (χ2n) is 8.15. The molecule has 7 heteroatoms. The Morgan fingerprint density at radius 3 is 2.49 bits per heavy atom. The molecule has 5 aromatic rings. The van der Waals surface area contributed by atoms with Crippen LogP contribution in [0.25, 0.3) is 0 Å². The van der Waals surface area contributed by atoms with Crippen molar-refractivity contribution in [3.8, 4) is 0 Å². The van der Waals surface area contributed by atoms with Crippen molar-refractivity contribution in [1.82, 2.24) is 14.5 Å². The number of rotatable bonds is 9. The van der Waals surface area contributed by atoms with Gasteiger partial charge in [-0.15, -0.1) is 11.3 Å². The molecule has 5 rings (SSSR count). The van der Waals surface area contributed by atoms with Crippen LogP contribution in [-0.4, -0.2) is 20.4 Å². The van der Waals surface area contributed by atoms with Crippen molar-refractivity contribution < 1.29 is 4.79 Å². The highest BCUT2D eigenvalue weighted by atomic mass is 32.1. The van der Waals surface area contributed by atoms with E-state index in [1.807, 2.05) is 76.9 Å². The van der Waals surface area contributed by atoms with E-state index >= 15 is 0 Å². The molecule has 0 radical (unpaired) electrons. The molecule has 174 valence electrons. The smallest absolute Gasteiger partial charge is 0.274 e. The first-order valence-corrected chi connectivity index (χ1v) is 12.3. The monoisotopic (exact) mass is 479 g/mol. The lowest BCUT2D eigenvalue weighted by molar-refractivity contribution is 0.101. The van der Waals surface area contributed by atoms with Crippen molar-refractivity contribution in [2.45, 2.75) is 19.5 Å². The Labute approximate surface area is 208 Å². The summed E-state index contributed by atoms with van der Waals surface area (Å²) < 4.78 is 1.94. The van der Waals surface area contributed by atoms with E-state index in [1.54, 1.807) is 6.20 Å². The Morgan fingerprint density at radius 2 is 1.69 bits per heavy atom. The molecule has 0 aliphatic heterocycles. The number of carbonyl (C=O) groups excluding carboxylic acids is 1. The van der Waals surface area contributed by atoms with E-state index in [1.165, 1.54) is 22.5 Å². The number of thiazole rings is 1. The van der Waals surface area contributed by atoms with Gasteiger partial charge in [0.15, 0.2) is 5.13 Å². The number of hydrogen-bond acceptors (Lipinski definition) is 5. The molecule has 35 heavy (non-hydrogen) atoms. The van der Waals surface area contributed by atoms with Crippen LogP contribution < -0.4 is 10.6 Å². The minimum absolute atomic E-state index is 0.177. The number of amides is 1. The molecule has 6 nitrogen and oxygen atoms in total. The first kappa shape index (κ1) is 22.6. The largest absolute Gasteiger partial charge is 0.379 e. The van der Waals surface area contributed by atoms with Crippen LogP contribution in [0.15, 0.2) is 103 Å². The zero-order valence-corrected chi connectivity index (χ0v) is 19.9. The standard InChI is InChI=1S/C28H25N5OS/c34-27(32-28-31-24(20-35-28)16-21-8-3-1-4-9-21)26-12-7-15-33(26)19-23-13-14-29-18-25(23)30-17-22-10-5-2-6-11-22/h1-15,18,20,30H,16-17,19H2,(H,31,32,34). The van der Waals surface area contributed by atoms with E-state index < -0.39 is 0 Å². The first-order chi connectivity index (χ1) is 17.2. The molecule has 0 aliphatic carbocycles. The molecule has 2 aromatic carbocycles. The van der Waals surface area contributed by atoms with Gasteiger partial charge in [0.1, 0.15) is 5.69 Å². The van der Waals surface area contributed by atoms with Crippen molar-refractivity contribution in [3.05, 3.63) is 131 Å². The molecule has 0 spiro atoms. The van der Waals surface area contributed by atoms with Crippen molar-refractivity contribution in [2.24, 2.45) is 0 Å². The van der Waals surface area contributed by atoms with Gasteiger partial charge in [0.2, 0.25) is 0 Å². The number of aromatic nitrogens is 3. The van der Waals surface area contributed by atoms with Crippen LogP contribution in [0.3, 0.4) is 0 Å². The number of pyridine rings is 1. The highest BCUT2D eigenvalue weighted by Gasteiger charge is 2.15. The summed E-state index contributed by atoms with van der Waals surface area (Å²) in [5.74, 6) is -0.177. The van der Waals surface area contributed by atoms with Gasteiger partial charge in [0.05, 0.1) is 17.6 Å². The Morgan fingerprint density at radius 1 is 0.914 bits per heavy atom. The third-order valence-corrected chi connectivity index (χ3v) is 6.45. The average Bonchev–Trinajstić information content (AvgIpc) is 3.54. The van der Waals surface area contributed by atoms with Gasteiger partial charge in [-0.05, 0) is 34.9 Å². The molecular formula is C28H25N5OS. The number of nitrogens with zero attached hydrogens (tertiary/aromatic N) is 3. The predicted molar refractivity (Wildman–Crippen MR) is 141 cm³/mol. The lowest BCUT2D eigenvalue weighted by atomic mass is 10.1. The van der Waals surface area contributed by atoms with E-state index in [2.05, 4.69) is 44.9 Å². The summed E-state index contributed by atoms with van der Waals surface area (Å²) in [5, 5.41) is 9.02. The summed E-state index contributed by atoms with van der Waals surface area (Å²) in [4.78, 5) is 21.9. The van der Waals surface area contributed by atoms with Crippen LogP contribution in [0.2, 0.25) is 0 Å². The molecule has 3 aromatic heterocycles. The van der Waals surface area contributed by atoms with Crippen molar-refractivity contribution in [1.29, 1.82) is 0 Å². The summed E-state index contributed by atoms with van der Waals surface area (Å²) in [6.07, 6.45) is 6.25. The first-order valence-electron chi connectivity index (χ1n) is 11.4. The fourth-order valence-electron chi connectivity index (χ4n) is 3.87. The van der Waals surface area contributed by atoms with E-state index in [0.717, 1.165) is 23.4 Å². The molecule has 1 amide bonds. The van der Waals surface area contributed by atoms with E-state index in [-0.39, 0.29) is 5.91 Å². The minimum Gasteiger partial charge on any atom is -0.379 e. The van der Waals surface area contributed by atoms with Crippen LogP contribution in [0.5, 0.6) is 0 Å². The summed E-state index contributed by atoms with van der Waals surface area (Å²) >= 11 is 1.44. The number of anilines is 2. The maximum atomic E-state index is 13.1. The Balaban J connectivity index is 1.25. The number of nitrogens with one attached hydrogen (secondary N) is 2. The summed E-state index contributed by atoms with van der Waals surface area (Å²) in [6.45, 7) is 1.25. The highest BCUT2D eigenvalue weighted by molar-refractivity contribution is 7.14. The van der Waals surface area contributed by atoms with Gasteiger partial charge in [-0.25, -0.2) is 4.98 Å². The molecule has 0 saturated heterocycles. The molecule has 0 atom stereocenters. The van der Waals surface area contributed by atoms with Crippen molar-refractivity contribution in [3.63, 3.8) is 0 Å². The fourth-order valence-corrected chi connectivity index (χ4v) is 4.57. The normalized spacial score (nSPS) is 10.7. The van der Waals surface area contributed by atoms with Crippen LogP contribution >= 0.6 is 11.3 Å². The maximum Gasteiger partial charge on any atom is 0.274 e. The predicted octanol–water partition coefficient (Wildman–Crippen LogP) is 5.84. The second kappa shape index (κ2) is 10.8. The topological polar surface area (TPSA) is 71.8 Å². The summed E-state index contributed by atoms with van der Waals surface area (Å²) in [7, 11) is 0. The molecule has 0 unspecified atom stereocenters. The molecule has 3 heterocycles. The lowest BCUT2D eigenvalue weighted by Gasteiger charge is -2.14. The Bertz CT molecular complexity index is 1400. The van der Waals surface area contributed by atoms with E-state index in [4.69, 9.17) is 0 Å². The van der Waals surface area contributed by atoms with Gasteiger partial charge in [0, 0.05) is 37.3 Å². The van der Waals surface area contributed by atoms with Gasteiger partial charge < -0.3 is 9.88 Å². The molecule has 0 aliphatic rings. The fraction of sp³-hybridized carbons (Fsp3) is 0.107. The third-order valence-electron chi connectivity index (χ3n) is 5.64. The van der Waals surface area contributed by atoms with Crippen molar-refractivity contribution in [2.75, 3.05) is 10.6 Å². The molecule has 0 fully saturated rings. The quantitative estimate of drug-likeness (QED) is 0.278. The van der Waals surface area contributed by atoms with Crippen LogP contribution in [0.4, 0.5) is 10.8 Å². The number of carbonyl (C=O) groups is 1. The zero-order valence-electron chi connectivity index (χ0n) is 19.1. The number of hydrogen-bond donors (Lipinski definition) is 2. The third kappa shape index (κ3) is 5.83.